The van der Waals surface area contributed by atoms with Crippen molar-refractivity contribution in [3.8, 4) is 0 Å². The molecule has 1 aliphatic rings. The number of aromatic nitrogens is 4. The molecule has 1 unspecified atom stereocenters. The van der Waals surface area contributed by atoms with E-state index < -0.39 is 5.60 Å². The number of ether oxygens (including phenoxy) is 1. The van der Waals surface area contributed by atoms with Gasteiger partial charge in [0.25, 0.3) is 0 Å². The van der Waals surface area contributed by atoms with E-state index in [0.717, 1.165) is 5.56 Å². The van der Waals surface area contributed by atoms with E-state index in [1.54, 1.807) is 4.90 Å². The second-order valence-electron chi connectivity index (χ2n) is 7.60. The van der Waals surface area contributed by atoms with E-state index in [9.17, 15) is 4.79 Å². The molecule has 0 spiro atoms. The maximum absolute atomic E-state index is 12.4. The van der Waals surface area contributed by atoms with Gasteiger partial charge < -0.3 is 9.64 Å². The summed E-state index contributed by atoms with van der Waals surface area (Å²) < 4.78 is 5.51. The van der Waals surface area contributed by atoms with Gasteiger partial charge in [-0.3, -0.25) is 4.90 Å². The number of nitrogens with zero attached hydrogens (tertiary/aromatic N) is 5. The van der Waals surface area contributed by atoms with Gasteiger partial charge in [-0.15, -0.1) is 10.2 Å². The SMILES string of the molecule is C[C@@H]1CN(C(=O)OC(C)(C)C)CCN1C(c1ccccc1)c1nn[nH]n1. The fourth-order valence-electron chi connectivity index (χ4n) is 3.26. The molecule has 0 bridgehead atoms. The van der Waals surface area contributed by atoms with Crippen molar-refractivity contribution >= 4 is 6.09 Å². The van der Waals surface area contributed by atoms with E-state index in [2.05, 4.69) is 44.6 Å². The molecule has 0 aliphatic carbocycles. The van der Waals surface area contributed by atoms with Crippen molar-refractivity contribution in [2.24, 2.45) is 0 Å². The van der Waals surface area contributed by atoms with Crippen LogP contribution in [0.2, 0.25) is 0 Å². The van der Waals surface area contributed by atoms with Crippen molar-refractivity contribution in [2.75, 3.05) is 19.6 Å². The highest BCUT2D eigenvalue weighted by molar-refractivity contribution is 5.68. The summed E-state index contributed by atoms with van der Waals surface area (Å²) in [6, 6.07) is 10.1. The number of benzene rings is 1. The first-order valence-corrected chi connectivity index (χ1v) is 8.87. The zero-order chi connectivity index (χ0) is 18.7. The van der Waals surface area contributed by atoms with Gasteiger partial charge in [-0.2, -0.15) is 5.21 Å². The maximum atomic E-state index is 12.4. The molecule has 0 radical (unpaired) electrons. The Balaban J connectivity index is 1.77. The zero-order valence-corrected chi connectivity index (χ0v) is 15.7. The lowest BCUT2D eigenvalue weighted by Gasteiger charge is -2.43. The van der Waals surface area contributed by atoms with E-state index in [4.69, 9.17) is 4.74 Å². The minimum absolute atomic E-state index is 0.106. The topological polar surface area (TPSA) is 87.2 Å². The van der Waals surface area contributed by atoms with Gasteiger partial charge in [0.2, 0.25) is 0 Å². The summed E-state index contributed by atoms with van der Waals surface area (Å²) in [6.07, 6.45) is -0.264. The number of H-pyrrole nitrogens is 1. The summed E-state index contributed by atoms with van der Waals surface area (Å²) in [7, 11) is 0. The molecule has 140 valence electrons. The van der Waals surface area contributed by atoms with Gasteiger partial charge >= 0.3 is 6.09 Å². The monoisotopic (exact) mass is 358 g/mol. The average molecular weight is 358 g/mol. The van der Waals surface area contributed by atoms with Gasteiger partial charge in [0.15, 0.2) is 5.82 Å². The summed E-state index contributed by atoms with van der Waals surface area (Å²) in [5.41, 5.74) is 0.612. The number of piperazine rings is 1. The molecule has 8 nitrogen and oxygen atoms in total. The van der Waals surface area contributed by atoms with Crippen molar-refractivity contribution < 1.29 is 9.53 Å². The first-order valence-electron chi connectivity index (χ1n) is 8.87. The third kappa shape index (κ3) is 4.19. The van der Waals surface area contributed by atoms with E-state index in [0.29, 0.717) is 25.5 Å². The van der Waals surface area contributed by atoms with Crippen LogP contribution in [0.25, 0.3) is 0 Å². The van der Waals surface area contributed by atoms with Crippen LogP contribution in [0.15, 0.2) is 30.3 Å². The summed E-state index contributed by atoms with van der Waals surface area (Å²) in [4.78, 5) is 16.5. The molecule has 1 N–H and O–H groups in total. The van der Waals surface area contributed by atoms with E-state index >= 15 is 0 Å². The lowest BCUT2D eigenvalue weighted by Crippen LogP contribution is -2.55. The molecule has 2 heterocycles. The molecule has 2 aromatic rings. The highest BCUT2D eigenvalue weighted by Crippen LogP contribution is 2.29. The smallest absolute Gasteiger partial charge is 0.410 e. The van der Waals surface area contributed by atoms with Gasteiger partial charge in [0, 0.05) is 25.7 Å². The standard InChI is InChI=1S/C18H26N6O2/c1-13-12-23(17(25)26-18(2,3)4)10-11-24(13)15(16-19-21-22-20-16)14-8-6-5-7-9-14/h5-9,13,15H,10-12H2,1-4H3,(H,19,20,21,22)/t13-,15?/m1/s1. The molecule has 2 atom stereocenters. The Kier molecular flexibility index (Phi) is 5.22. The van der Waals surface area contributed by atoms with Crippen LogP contribution >= 0.6 is 0 Å². The van der Waals surface area contributed by atoms with Crippen LogP contribution in [0, 0.1) is 0 Å². The number of tetrazole rings is 1. The maximum Gasteiger partial charge on any atom is 0.410 e. The van der Waals surface area contributed by atoms with Crippen LogP contribution in [-0.4, -0.2) is 67.8 Å². The Morgan fingerprint density at radius 1 is 1.27 bits per heavy atom. The summed E-state index contributed by atoms with van der Waals surface area (Å²) in [6.45, 7) is 9.64. The first-order chi connectivity index (χ1) is 12.3. The molecule has 1 fully saturated rings. The number of hydrogen-bond acceptors (Lipinski definition) is 6. The van der Waals surface area contributed by atoms with Crippen molar-refractivity contribution in [3.63, 3.8) is 0 Å². The molecule has 1 saturated heterocycles. The van der Waals surface area contributed by atoms with Gasteiger partial charge in [0.05, 0.1) is 6.04 Å². The zero-order valence-electron chi connectivity index (χ0n) is 15.7. The number of nitrogens with one attached hydrogen (secondary N) is 1. The normalized spacial score (nSPS) is 20.0. The van der Waals surface area contributed by atoms with Crippen LogP contribution in [0.4, 0.5) is 4.79 Å². The number of carbonyl (C=O) groups is 1. The highest BCUT2D eigenvalue weighted by atomic mass is 16.6. The third-order valence-electron chi connectivity index (χ3n) is 4.38. The number of aromatic amines is 1. The molecular formula is C18H26N6O2. The second-order valence-corrected chi connectivity index (χ2v) is 7.60. The van der Waals surface area contributed by atoms with Gasteiger partial charge in [-0.1, -0.05) is 35.5 Å². The van der Waals surface area contributed by atoms with Gasteiger partial charge in [0.1, 0.15) is 5.60 Å². The Labute approximate surface area is 153 Å². The molecule has 0 saturated carbocycles. The molecule has 8 heteroatoms. The lowest BCUT2D eigenvalue weighted by atomic mass is 10.0. The quantitative estimate of drug-likeness (QED) is 0.905. The number of carbonyl (C=O) groups excluding carboxylic acids is 1. The minimum atomic E-state index is -0.491. The van der Waals surface area contributed by atoms with Gasteiger partial charge in [-0.05, 0) is 33.3 Å². The minimum Gasteiger partial charge on any atom is -0.444 e. The predicted octanol–water partition coefficient (Wildman–Crippen LogP) is 2.23. The van der Waals surface area contributed by atoms with Crippen molar-refractivity contribution in [2.45, 2.75) is 45.4 Å². The van der Waals surface area contributed by atoms with Crippen LogP contribution < -0.4 is 0 Å². The molecule has 1 aromatic carbocycles. The molecule has 1 amide bonds. The molecular weight excluding hydrogens is 332 g/mol. The largest absolute Gasteiger partial charge is 0.444 e. The number of hydrogen-bond donors (Lipinski definition) is 1. The van der Waals surface area contributed by atoms with Crippen molar-refractivity contribution in [1.82, 2.24) is 30.4 Å². The fraction of sp³-hybridized carbons (Fsp3) is 0.556. The predicted molar refractivity (Wildman–Crippen MR) is 96.4 cm³/mol. The van der Waals surface area contributed by atoms with Crippen LogP contribution in [0.1, 0.15) is 45.1 Å². The second kappa shape index (κ2) is 7.41. The first kappa shape index (κ1) is 18.3. The molecule has 26 heavy (non-hydrogen) atoms. The Morgan fingerprint density at radius 2 is 2.00 bits per heavy atom. The Morgan fingerprint density at radius 3 is 2.58 bits per heavy atom. The summed E-state index contributed by atoms with van der Waals surface area (Å²) >= 11 is 0. The Bertz CT molecular complexity index is 713. The fourth-order valence-corrected chi connectivity index (χ4v) is 3.26. The molecule has 3 rings (SSSR count). The third-order valence-corrected chi connectivity index (χ3v) is 4.38. The molecule has 1 aliphatic heterocycles. The lowest BCUT2D eigenvalue weighted by molar-refractivity contribution is 0.000401. The van der Waals surface area contributed by atoms with Crippen molar-refractivity contribution in [3.05, 3.63) is 41.7 Å². The number of amides is 1. The van der Waals surface area contributed by atoms with E-state index in [1.165, 1.54) is 0 Å². The summed E-state index contributed by atoms with van der Waals surface area (Å²) in [5.74, 6) is 0.633. The van der Waals surface area contributed by atoms with Gasteiger partial charge in [-0.25, -0.2) is 4.79 Å². The van der Waals surface area contributed by atoms with Crippen LogP contribution in [0.3, 0.4) is 0 Å². The van der Waals surface area contributed by atoms with E-state index in [1.807, 2.05) is 39.0 Å². The van der Waals surface area contributed by atoms with E-state index in [-0.39, 0.29) is 18.2 Å². The molecule has 1 aromatic heterocycles. The summed E-state index contributed by atoms with van der Waals surface area (Å²) in [5, 5.41) is 14.7. The number of rotatable bonds is 3. The Hall–Kier alpha value is -2.48. The van der Waals surface area contributed by atoms with Crippen LogP contribution in [-0.2, 0) is 4.74 Å². The highest BCUT2D eigenvalue weighted by Gasteiger charge is 2.36. The van der Waals surface area contributed by atoms with Crippen LogP contribution in [0.5, 0.6) is 0 Å². The average Bonchev–Trinajstić information content (AvgIpc) is 3.10. The van der Waals surface area contributed by atoms with Crippen molar-refractivity contribution in [1.29, 1.82) is 0 Å².